The van der Waals surface area contributed by atoms with Crippen LogP contribution in [0.4, 0.5) is 5.69 Å². The molecule has 0 radical (unpaired) electrons. The summed E-state index contributed by atoms with van der Waals surface area (Å²) in [6.07, 6.45) is 0.874. The van der Waals surface area contributed by atoms with Gasteiger partial charge in [0.15, 0.2) is 0 Å². The lowest BCUT2D eigenvalue weighted by Gasteiger charge is -2.21. The minimum atomic E-state index is -1.22. The standard InChI is InChI=1S/C19H21NO2S/c1-14-7-3-4-9-17(14)13-23(22)15(2)19(21)20-12-11-16-8-5-6-10-18(16)20/h3-10,15H,11-13H2,1-2H3. The van der Waals surface area contributed by atoms with Crippen LogP contribution in [0.1, 0.15) is 23.6 Å². The minimum absolute atomic E-state index is 0.0399. The van der Waals surface area contributed by atoms with Gasteiger partial charge >= 0.3 is 0 Å². The molecule has 3 nitrogen and oxygen atoms in total. The molecule has 23 heavy (non-hydrogen) atoms. The number of hydrogen-bond donors (Lipinski definition) is 0. The molecule has 2 atom stereocenters. The fraction of sp³-hybridized carbons (Fsp3) is 0.316. The third kappa shape index (κ3) is 3.22. The van der Waals surface area contributed by atoms with Gasteiger partial charge in [-0.15, -0.1) is 0 Å². The van der Waals surface area contributed by atoms with E-state index in [1.807, 2.05) is 49.4 Å². The first-order valence-corrected chi connectivity index (χ1v) is 9.27. The smallest absolute Gasteiger partial charge is 0.242 e. The predicted octanol–water partition coefficient (Wildman–Crippen LogP) is 3.22. The average Bonchev–Trinajstić information content (AvgIpc) is 2.99. The maximum Gasteiger partial charge on any atom is 0.242 e. The van der Waals surface area contributed by atoms with Gasteiger partial charge in [0.05, 0.1) is 0 Å². The molecule has 4 heteroatoms. The van der Waals surface area contributed by atoms with E-state index in [0.717, 1.165) is 23.2 Å². The number of fused-ring (bicyclic) bond motifs is 1. The molecule has 1 amide bonds. The van der Waals surface area contributed by atoms with Crippen molar-refractivity contribution in [3.05, 3.63) is 65.2 Å². The van der Waals surface area contributed by atoms with Crippen molar-refractivity contribution in [3.63, 3.8) is 0 Å². The maximum atomic E-state index is 12.8. The quantitative estimate of drug-likeness (QED) is 0.864. The van der Waals surface area contributed by atoms with E-state index in [1.165, 1.54) is 5.56 Å². The summed E-state index contributed by atoms with van der Waals surface area (Å²) < 4.78 is 12.6. The van der Waals surface area contributed by atoms with Gasteiger partial charge in [-0.3, -0.25) is 9.00 Å². The van der Waals surface area contributed by atoms with Gasteiger partial charge in [0.25, 0.3) is 0 Å². The van der Waals surface area contributed by atoms with Crippen LogP contribution in [0, 0.1) is 6.92 Å². The molecule has 0 spiro atoms. The highest BCUT2D eigenvalue weighted by atomic mass is 32.2. The number of amides is 1. The fourth-order valence-corrected chi connectivity index (χ4v) is 4.18. The van der Waals surface area contributed by atoms with Crippen molar-refractivity contribution in [1.82, 2.24) is 0 Å². The van der Waals surface area contributed by atoms with E-state index in [0.29, 0.717) is 12.3 Å². The highest BCUT2D eigenvalue weighted by Crippen LogP contribution is 2.28. The number of rotatable bonds is 4. The number of carbonyl (C=O) groups is 1. The fourth-order valence-electron chi connectivity index (χ4n) is 2.95. The summed E-state index contributed by atoms with van der Waals surface area (Å²) in [4.78, 5) is 14.5. The monoisotopic (exact) mass is 327 g/mol. The number of carbonyl (C=O) groups excluding carboxylic acids is 1. The molecule has 2 unspecified atom stereocenters. The topological polar surface area (TPSA) is 37.4 Å². The summed E-state index contributed by atoms with van der Waals surface area (Å²) in [7, 11) is -1.22. The second kappa shape index (κ2) is 6.67. The lowest BCUT2D eigenvalue weighted by molar-refractivity contribution is -0.117. The number of anilines is 1. The molecular formula is C19H21NO2S. The molecule has 120 valence electrons. The van der Waals surface area contributed by atoms with Crippen LogP contribution < -0.4 is 4.90 Å². The first-order chi connectivity index (χ1) is 11.1. The van der Waals surface area contributed by atoms with Crippen LogP contribution in [0.5, 0.6) is 0 Å². The molecule has 0 N–H and O–H groups in total. The van der Waals surface area contributed by atoms with E-state index in [-0.39, 0.29) is 5.91 Å². The summed E-state index contributed by atoms with van der Waals surface area (Å²) in [6.45, 7) is 4.47. The largest absolute Gasteiger partial charge is 0.311 e. The van der Waals surface area contributed by atoms with E-state index in [9.17, 15) is 9.00 Å². The Balaban J connectivity index is 1.73. The second-order valence-corrected chi connectivity index (χ2v) is 7.72. The van der Waals surface area contributed by atoms with Crippen molar-refractivity contribution >= 4 is 22.4 Å². The molecule has 0 aliphatic carbocycles. The summed E-state index contributed by atoms with van der Waals surface area (Å²) >= 11 is 0. The van der Waals surface area contributed by atoms with Crippen molar-refractivity contribution in [1.29, 1.82) is 0 Å². The summed E-state index contributed by atoms with van der Waals surface area (Å²) in [6, 6.07) is 15.9. The third-order valence-corrected chi connectivity index (χ3v) is 6.04. The Morgan fingerprint density at radius 3 is 2.65 bits per heavy atom. The van der Waals surface area contributed by atoms with Crippen LogP contribution in [0.15, 0.2) is 48.5 Å². The molecule has 3 rings (SSSR count). The highest BCUT2D eigenvalue weighted by molar-refractivity contribution is 7.85. The first-order valence-electron chi connectivity index (χ1n) is 7.89. The van der Waals surface area contributed by atoms with E-state index in [2.05, 4.69) is 6.07 Å². The van der Waals surface area contributed by atoms with Crippen LogP contribution in [0.3, 0.4) is 0 Å². The van der Waals surface area contributed by atoms with Gasteiger partial charge in [0.1, 0.15) is 5.25 Å². The van der Waals surface area contributed by atoms with Crippen molar-refractivity contribution in [3.8, 4) is 0 Å². The van der Waals surface area contributed by atoms with Crippen molar-refractivity contribution in [2.24, 2.45) is 0 Å². The number of nitrogens with zero attached hydrogens (tertiary/aromatic N) is 1. The van der Waals surface area contributed by atoms with Crippen LogP contribution in [0.2, 0.25) is 0 Å². The van der Waals surface area contributed by atoms with Crippen molar-refractivity contribution in [2.45, 2.75) is 31.3 Å². The molecule has 2 aromatic rings. The Morgan fingerprint density at radius 1 is 1.17 bits per heavy atom. The Kier molecular flexibility index (Phi) is 4.62. The van der Waals surface area contributed by atoms with E-state index in [4.69, 9.17) is 0 Å². The van der Waals surface area contributed by atoms with Crippen molar-refractivity contribution in [2.75, 3.05) is 11.4 Å². The maximum absolute atomic E-state index is 12.8. The molecule has 0 bridgehead atoms. The molecule has 0 aromatic heterocycles. The minimum Gasteiger partial charge on any atom is -0.311 e. The van der Waals surface area contributed by atoms with Crippen LogP contribution in [-0.4, -0.2) is 21.9 Å². The number of hydrogen-bond acceptors (Lipinski definition) is 2. The Bertz CT molecular complexity index is 757. The number of aryl methyl sites for hydroxylation is 1. The number of para-hydroxylation sites is 1. The molecule has 1 aliphatic heterocycles. The molecule has 0 fully saturated rings. The number of benzene rings is 2. The lowest BCUT2D eigenvalue weighted by atomic mass is 10.1. The van der Waals surface area contributed by atoms with Crippen LogP contribution >= 0.6 is 0 Å². The van der Waals surface area contributed by atoms with Gasteiger partial charge in [-0.2, -0.15) is 0 Å². The highest BCUT2D eigenvalue weighted by Gasteiger charge is 2.30. The normalized spacial score (nSPS) is 16.0. The van der Waals surface area contributed by atoms with Crippen LogP contribution in [0.25, 0.3) is 0 Å². The van der Waals surface area contributed by atoms with Gasteiger partial charge < -0.3 is 4.90 Å². The molecule has 0 saturated carbocycles. The van der Waals surface area contributed by atoms with E-state index < -0.39 is 16.0 Å². The second-order valence-electron chi connectivity index (χ2n) is 5.96. The van der Waals surface area contributed by atoms with Gasteiger partial charge in [-0.05, 0) is 43.0 Å². The Morgan fingerprint density at radius 2 is 1.87 bits per heavy atom. The zero-order valence-corrected chi connectivity index (χ0v) is 14.3. The Hall–Kier alpha value is -1.94. The summed E-state index contributed by atoms with van der Waals surface area (Å²) in [5.41, 5.74) is 4.33. The van der Waals surface area contributed by atoms with Gasteiger partial charge in [0.2, 0.25) is 5.91 Å². The summed E-state index contributed by atoms with van der Waals surface area (Å²) in [5, 5.41) is -0.499. The Labute approximate surface area is 139 Å². The van der Waals surface area contributed by atoms with Gasteiger partial charge in [-0.25, -0.2) is 0 Å². The third-order valence-electron chi connectivity index (χ3n) is 4.45. The molecule has 0 saturated heterocycles. The zero-order valence-electron chi connectivity index (χ0n) is 13.5. The SMILES string of the molecule is Cc1ccccc1CS(=O)C(C)C(=O)N1CCc2ccccc21. The predicted molar refractivity (Wildman–Crippen MR) is 95.0 cm³/mol. The van der Waals surface area contributed by atoms with E-state index in [1.54, 1.807) is 11.8 Å². The van der Waals surface area contributed by atoms with E-state index >= 15 is 0 Å². The van der Waals surface area contributed by atoms with Gasteiger partial charge in [0, 0.05) is 28.8 Å². The van der Waals surface area contributed by atoms with Gasteiger partial charge in [-0.1, -0.05) is 42.5 Å². The molecule has 1 aliphatic rings. The molecule has 1 heterocycles. The molecule has 2 aromatic carbocycles. The van der Waals surface area contributed by atoms with Crippen molar-refractivity contribution < 1.29 is 9.00 Å². The molecular weight excluding hydrogens is 306 g/mol. The summed E-state index contributed by atoms with van der Waals surface area (Å²) in [5.74, 6) is 0.386. The zero-order chi connectivity index (χ0) is 16.4. The lowest BCUT2D eigenvalue weighted by Crippen LogP contribution is -2.39. The average molecular weight is 327 g/mol. The van der Waals surface area contributed by atoms with Crippen LogP contribution in [-0.2, 0) is 27.8 Å². The first kappa shape index (κ1) is 15.9.